The van der Waals surface area contributed by atoms with Gasteiger partial charge in [0.15, 0.2) is 5.78 Å². The number of rotatable bonds is 2. The number of ether oxygens (including phenoxy) is 1. The number of nitrogens with zero attached hydrogens (tertiary/aromatic N) is 2. The Morgan fingerprint density at radius 2 is 2.23 bits per heavy atom. The summed E-state index contributed by atoms with van der Waals surface area (Å²) < 4.78 is 11.2. The lowest BCUT2D eigenvalue weighted by Crippen LogP contribution is -2.44. The molecule has 5 nitrogen and oxygen atoms in total. The molecular formula is C17H18N2O3. The van der Waals surface area contributed by atoms with Crippen LogP contribution in [0.2, 0.25) is 0 Å². The third-order valence-corrected chi connectivity index (χ3v) is 4.64. The summed E-state index contributed by atoms with van der Waals surface area (Å²) in [4.78, 5) is 14.7. The molecule has 0 amide bonds. The Kier molecular flexibility index (Phi) is 3.04. The number of aromatic nitrogens is 1. The maximum Gasteiger partial charge on any atom is 0.170 e. The Hall–Kier alpha value is -2.14. The van der Waals surface area contributed by atoms with Gasteiger partial charge in [-0.3, -0.25) is 9.69 Å². The predicted molar refractivity (Wildman–Crippen MR) is 79.9 cm³/mol. The van der Waals surface area contributed by atoms with Crippen LogP contribution in [0.1, 0.15) is 34.5 Å². The third kappa shape index (κ3) is 2.22. The standard InChI is InChI=1S/C17H18N2O3/c1-12-13(10-21-18-12)9-19-7-6-17(11-19)8-15(20)14-4-2-3-5-16(14)22-17/h2-5,10H,6-9,11H2,1H3. The Balaban J connectivity index is 1.53. The highest BCUT2D eigenvalue weighted by Gasteiger charge is 2.45. The van der Waals surface area contributed by atoms with Crippen molar-refractivity contribution in [3.63, 3.8) is 0 Å². The zero-order valence-corrected chi connectivity index (χ0v) is 12.5. The molecule has 2 aliphatic heterocycles. The lowest BCUT2D eigenvalue weighted by molar-refractivity contribution is 0.0455. The van der Waals surface area contributed by atoms with Crippen LogP contribution >= 0.6 is 0 Å². The van der Waals surface area contributed by atoms with Crippen molar-refractivity contribution in [1.82, 2.24) is 10.1 Å². The van der Waals surface area contributed by atoms with Gasteiger partial charge in [-0.15, -0.1) is 0 Å². The van der Waals surface area contributed by atoms with Crippen LogP contribution in [0.25, 0.3) is 0 Å². The molecule has 2 aromatic rings. The molecule has 0 saturated carbocycles. The lowest BCUT2D eigenvalue weighted by atomic mass is 9.89. The number of carbonyl (C=O) groups excluding carboxylic acids is 1. The Bertz CT molecular complexity index is 724. The van der Waals surface area contributed by atoms with Gasteiger partial charge >= 0.3 is 0 Å². The fourth-order valence-corrected chi connectivity index (χ4v) is 3.44. The van der Waals surface area contributed by atoms with E-state index in [2.05, 4.69) is 10.1 Å². The van der Waals surface area contributed by atoms with Gasteiger partial charge in [-0.25, -0.2) is 0 Å². The molecule has 2 aliphatic rings. The number of benzene rings is 1. The van der Waals surface area contributed by atoms with Crippen LogP contribution in [0.4, 0.5) is 0 Å². The quantitative estimate of drug-likeness (QED) is 0.853. The van der Waals surface area contributed by atoms with E-state index in [1.54, 1.807) is 6.26 Å². The highest BCUT2D eigenvalue weighted by Crippen LogP contribution is 2.38. The molecule has 1 spiro atoms. The summed E-state index contributed by atoms with van der Waals surface area (Å²) in [6, 6.07) is 7.53. The van der Waals surface area contributed by atoms with Gasteiger partial charge in [0.1, 0.15) is 17.6 Å². The predicted octanol–water partition coefficient (Wildman–Crippen LogP) is 2.59. The molecule has 1 unspecified atom stereocenters. The minimum atomic E-state index is -0.378. The van der Waals surface area contributed by atoms with Crippen LogP contribution < -0.4 is 4.74 Å². The van der Waals surface area contributed by atoms with Gasteiger partial charge < -0.3 is 9.26 Å². The first-order chi connectivity index (χ1) is 10.7. The van der Waals surface area contributed by atoms with Crippen LogP contribution in [-0.2, 0) is 6.54 Å². The first-order valence-corrected chi connectivity index (χ1v) is 7.59. The molecule has 1 saturated heterocycles. The Labute approximate surface area is 128 Å². The number of hydrogen-bond acceptors (Lipinski definition) is 5. The summed E-state index contributed by atoms with van der Waals surface area (Å²) in [6.45, 7) is 4.41. The number of Topliss-reactive ketones (excluding diaryl/α,β-unsaturated/α-hetero) is 1. The highest BCUT2D eigenvalue weighted by atomic mass is 16.5. The topological polar surface area (TPSA) is 55.6 Å². The van der Waals surface area contributed by atoms with E-state index in [-0.39, 0.29) is 11.4 Å². The number of fused-ring (bicyclic) bond motifs is 1. The zero-order chi connectivity index (χ0) is 15.2. The molecule has 3 heterocycles. The fraction of sp³-hybridized carbons (Fsp3) is 0.412. The first-order valence-electron chi connectivity index (χ1n) is 7.59. The summed E-state index contributed by atoms with van der Waals surface area (Å²) >= 11 is 0. The number of para-hydroxylation sites is 1. The van der Waals surface area contributed by atoms with Crippen LogP contribution in [0, 0.1) is 6.92 Å². The molecule has 4 rings (SSSR count). The summed E-state index contributed by atoms with van der Waals surface area (Å²) in [5, 5.41) is 3.92. The Morgan fingerprint density at radius 3 is 3.05 bits per heavy atom. The second-order valence-electron chi connectivity index (χ2n) is 6.27. The summed E-state index contributed by atoms with van der Waals surface area (Å²) in [7, 11) is 0. The van der Waals surface area contributed by atoms with Gasteiger partial charge in [-0.05, 0) is 19.1 Å². The number of likely N-dealkylation sites (tertiary alicyclic amines) is 1. The molecule has 1 aromatic heterocycles. The molecule has 22 heavy (non-hydrogen) atoms. The maximum absolute atomic E-state index is 12.4. The maximum atomic E-state index is 12.4. The van der Waals surface area contributed by atoms with Crippen molar-refractivity contribution in [1.29, 1.82) is 0 Å². The average Bonchev–Trinajstić information content (AvgIpc) is 3.07. The van der Waals surface area contributed by atoms with Gasteiger partial charge in [0.25, 0.3) is 0 Å². The third-order valence-electron chi connectivity index (χ3n) is 4.64. The molecule has 0 bridgehead atoms. The van der Waals surface area contributed by atoms with Crippen molar-refractivity contribution >= 4 is 5.78 Å². The molecule has 5 heteroatoms. The monoisotopic (exact) mass is 298 g/mol. The van der Waals surface area contributed by atoms with E-state index in [4.69, 9.17) is 9.26 Å². The summed E-state index contributed by atoms with van der Waals surface area (Å²) in [5.41, 5.74) is 2.35. The average molecular weight is 298 g/mol. The van der Waals surface area contributed by atoms with Crippen molar-refractivity contribution < 1.29 is 14.1 Å². The van der Waals surface area contributed by atoms with Crippen molar-refractivity contribution in [2.45, 2.75) is 31.9 Å². The van der Waals surface area contributed by atoms with Gasteiger partial charge in [-0.2, -0.15) is 0 Å². The number of carbonyl (C=O) groups is 1. The zero-order valence-electron chi connectivity index (χ0n) is 12.5. The number of aryl methyl sites for hydroxylation is 1. The molecule has 1 fully saturated rings. The van der Waals surface area contributed by atoms with E-state index in [0.717, 1.165) is 43.1 Å². The number of hydrogen-bond donors (Lipinski definition) is 0. The second kappa shape index (κ2) is 4.95. The van der Waals surface area contributed by atoms with Gasteiger partial charge in [0.2, 0.25) is 0 Å². The minimum Gasteiger partial charge on any atom is -0.485 e. The lowest BCUT2D eigenvalue weighted by Gasteiger charge is -2.34. The normalized spacial score (nSPS) is 24.5. The highest BCUT2D eigenvalue weighted by molar-refractivity contribution is 6.00. The SMILES string of the molecule is Cc1nocc1CN1CCC2(CC(=O)c3ccccc3O2)C1. The van der Waals surface area contributed by atoms with Crippen molar-refractivity contribution in [3.8, 4) is 5.75 Å². The molecule has 1 atom stereocenters. The Morgan fingerprint density at radius 1 is 1.36 bits per heavy atom. The summed E-state index contributed by atoms with van der Waals surface area (Å²) in [5.74, 6) is 0.909. The summed E-state index contributed by atoms with van der Waals surface area (Å²) in [6.07, 6.45) is 3.03. The van der Waals surface area contributed by atoms with Crippen LogP contribution in [0.15, 0.2) is 35.1 Å². The van der Waals surface area contributed by atoms with E-state index < -0.39 is 0 Å². The van der Waals surface area contributed by atoms with Crippen LogP contribution in [0.3, 0.4) is 0 Å². The van der Waals surface area contributed by atoms with E-state index in [1.165, 1.54) is 0 Å². The molecular weight excluding hydrogens is 280 g/mol. The van der Waals surface area contributed by atoms with E-state index in [9.17, 15) is 4.79 Å². The van der Waals surface area contributed by atoms with Gasteiger partial charge in [-0.1, -0.05) is 17.3 Å². The van der Waals surface area contributed by atoms with Crippen molar-refractivity contribution in [2.24, 2.45) is 0 Å². The van der Waals surface area contributed by atoms with E-state index >= 15 is 0 Å². The van der Waals surface area contributed by atoms with Gasteiger partial charge in [0.05, 0.1) is 17.7 Å². The molecule has 0 N–H and O–H groups in total. The molecule has 0 aliphatic carbocycles. The molecule has 0 radical (unpaired) electrons. The van der Waals surface area contributed by atoms with Crippen molar-refractivity contribution in [2.75, 3.05) is 13.1 Å². The van der Waals surface area contributed by atoms with Crippen LogP contribution in [0.5, 0.6) is 5.75 Å². The fourth-order valence-electron chi connectivity index (χ4n) is 3.44. The van der Waals surface area contributed by atoms with Crippen LogP contribution in [-0.4, -0.2) is 34.5 Å². The smallest absolute Gasteiger partial charge is 0.170 e. The van der Waals surface area contributed by atoms with Crippen molar-refractivity contribution in [3.05, 3.63) is 47.3 Å². The van der Waals surface area contributed by atoms with Gasteiger partial charge in [0, 0.05) is 31.6 Å². The first kappa shape index (κ1) is 13.5. The number of ketones is 1. The largest absolute Gasteiger partial charge is 0.485 e. The molecule has 114 valence electrons. The van der Waals surface area contributed by atoms with E-state index in [0.29, 0.717) is 12.0 Å². The van der Waals surface area contributed by atoms with E-state index in [1.807, 2.05) is 31.2 Å². The molecule has 1 aromatic carbocycles. The second-order valence-corrected chi connectivity index (χ2v) is 6.27. The minimum absolute atomic E-state index is 0.185.